The summed E-state index contributed by atoms with van der Waals surface area (Å²) < 4.78 is 0. The Morgan fingerprint density at radius 2 is 0.857 bits per heavy atom. The van der Waals surface area contributed by atoms with E-state index in [2.05, 4.69) is 25.7 Å². The smallest absolute Gasteiger partial charge is 0.00474 e. The third-order valence-corrected chi connectivity index (χ3v) is 2.01. The molecule has 2 N–H and O–H groups in total. The van der Waals surface area contributed by atoms with E-state index in [-0.39, 0.29) is 5.48 Å². The third kappa shape index (κ3) is 9.23. The van der Waals surface area contributed by atoms with Gasteiger partial charge in [0.15, 0.2) is 0 Å². The van der Waals surface area contributed by atoms with Gasteiger partial charge in [-0.15, -0.1) is 0 Å². The van der Waals surface area contributed by atoms with E-state index in [0.717, 1.165) is 0 Å². The predicted octanol–water partition coefficient (Wildman–Crippen LogP) is 2.21. The van der Waals surface area contributed by atoms with Crippen molar-refractivity contribution in [2.24, 2.45) is 0 Å². The van der Waals surface area contributed by atoms with Crippen LogP contribution in [0.15, 0.2) is 36.4 Å². The molecule has 0 aliphatic heterocycles. The molecular weight excluding hydrogens is 174 g/mol. The first kappa shape index (κ1) is 15.6. The van der Waals surface area contributed by atoms with Crippen LogP contribution in [0.3, 0.4) is 0 Å². The Bertz CT molecular complexity index is 141. The second-order valence-corrected chi connectivity index (χ2v) is 2.77. The van der Waals surface area contributed by atoms with Gasteiger partial charge in [0.2, 0.25) is 0 Å². The molecule has 0 heterocycles. The normalized spacial score (nSPS) is 8.57. The fourth-order valence-corrected chi connectivity index (χ4v) is 1.06. The minimum Gasteiger partial charge on any atom is -0.412 e. The topological polar surface area (TPSA) is 34.7 Å². The molecule has 14 heavy (non-hydrogen) atoms. The lowest BCUT2D eigenvalue weighted by Crippen LogP contribution is -2.21. The zero-order valence-electron chi connectivity index (χ0n) is 9.53. The van der Waals surface area contributed by atoms with E-state index in [1.807, 2.05) is 36.4 Å². The summed E-state index contributed by atoms with van der Waals surface area (Å²) in [5.74, 6) is 0. The van der Waals surface area contributed by atoms with Crippen molar-refractivity contribution in [3.8, 4) is 0 Å². The standard InChI is InChI=1S/C6H15N.C6H6.H2O/c1-4-7(5-2)6-3;1-2-4-6-5-3-1;/h4-6H2,1-3H3;1-6H;1H2. The summed E-state index contributed by atoms with van der Waals surface area (Å²) >= 11 is 0. The molecule has 0 amide bonds. The van der Waals surface area contributed by atoms with Crippen molar-refractivity contribution in [2.75, 3.05) is 19.6 Å². The van der Waals surface area contributed by atoms with E-state index in [1.54, 1.807) is 0 Å². The molecule has 0 aromatic heterocycles. The van der Waals surface area contributed by atoms with Gasteiger partial charge in [0.25, 0.3) is 0 Å². The zero-order chi connectivity index (χ0) is 9.94. The SMILES string of the molecule is CCN(CC)CC.O.c1ccccc1. The van der Waals surface area contributed by atoms with Gasteiger partial charge in [0.1, 0.15) is 0 Å². The second-order valence-electron chi connectivity index (χ2n) is 2.77. The van der Waals surface area contributed by atoms with Crippen molar-refractivity contribution in [1.29, 1.82) is 0 Å². The maximum Gasteiger partial charge on any atom is -0.00474 e. The molecule has 0 unspecified atom stereocenters. The molecule has 0 aliphatic rings. The Balaban J connectivity index is 0. The predicted molar refractivity (Wildman–Crippen MR) is 63.5 cm³/mol. The molecule has 0 atom stereocenters. The molecule has 0 saturated carbocycles. The Hall–Kier alpha value is -0.860. The van der Waals surface area contributed by atoms with Crippen LogP contribution in [0.25, 0.3) is 0 Å². The van der Waals surface area contributed by atoms with E-state index in [9.17, 15) is 0 Å². The highest BCUT2D eigenvalue weighted by Gasteiger charge is 1.89. The van der Waals surface area contributed by atoms with Crippen LogP contribution in [0.4, 0.5) is 0 Å². The lowest BCUT2D eigenvalue weighted by molar-refractivity contribution is 0.321. The van der Waals surface area contributed by atoms with Crippen LogP contribution >= 0.6 is 0 Å². The summed E-state index contributed by atoms with van der Waals surface area (Å²) in [5, 5.41) is 0. The number of benzene rings is 1. The Kier molecular flexibility index (Phi) is 13.5. The summed E-state index contributed by atoms with van der Waals surface area (Å²) in [5.41, 5.74) is 0. The Labute approximate surface area is 87.9 Å². The summed E-state index contributed by atoms with van der Waals surface area (Å²) in [6.07, 6.45) is 0. The number of rotatable bonds is 3. The van der Waals surface area contributed by atoms with Gasteiger partial charge < -0.3 is 10.4 Å². The molecule has 1 aromatic carbocycles. The van der Waals surface area contributed by atoms with Crippen LogP contribution in [0, 0.1) is 0 Å². The average Bonchev–Trinajstić information content (AvgIpc) is 2.24. The van der Waals surface area contributed by atoms with Crippen molar-refractivity contribution in [3.63, 3.8) is 0 Å². The maximum absolute atomic E-state index is 2.38. The van der Waals surface area contributed by atoms with Crippen LogP contribution < -0.4 is 0 Å². The fourth-order valence-electron chi connectivity index (χ4n) is 1.06. The zero-order valence-corrected chi connectivity index (χ0v) is 9.53. The van der Waals surface area contributed by atoms with Gasteiger partial charge in [-0.3, -0.25) is 0 Å². The Morgan fingerprint density at radius 3 is 0.929 bits per heavy atom. The molecule has 82 valence electrons. The average molecular weight is 197 g/mol. The van der Waals surface area contributed by atoms with Gasteiger partial charge in [-0.1, -0.05) is 57.2 Å². The molecule has 1 rings (SSSR count). The molecule has 1 aromatic rings. The molecule has 0 spiro atoms. The van der Waals surface area contributed by atoms with Crippen LogP contribution in [-0.2, 0) is 0 Å². The summed E-state index contributed by atoms with van der Waals surface area (Å²) in [6.45, 7) is 10.1. The minimum absolute atomic E-state index is 0. The minimum atomic E-state index is 0. The van der Waals surface area contributed by atoms with Gasteiger partial charge in [-0.05, 0) is 19.6 Å². The van der Waals surface area contributed by atoms with Crippen LogP contribution in [0.5, 0.6) is 0 Å². The highest BCUT2D eigenvalue weighted by molar-refractivity contribution is 4.99. The monoisotopic (exact) mass is 197 g/mol. The van der Waals surface area contributed by atoms with Gasteiger partial charge in [-0.25, -0.2) is 0 Å². The van der Waals surface area contributed by atoms with E-state index in [0.29, 0.717) is 0 Å². The quantitative estimate of drug-likeness (QED) is 0.731. The molecular formula is C12H23NO. The first-order valence-electron chi connectivity index (χ1n) is 5.07. The molecule has 0 fully saturated rings. The molecule has 0 aliphatic carbocycles. The summed E-state index contributed by atoms with van der Waals surface area (Å²) in [4.78, 5) is 2.38. The van der Waals surface area contributed by atoms with Gasteiger partial charge in [0, 0.05) is 0 Å². The number of hydrogen-bond acceptors (Lipinski definition) is 1. The summed E-state index contributed by atoms with van der Waals surface area (Å²) in [7, 11) is 0. The first-order valence-corrected chi connectivity index (χ1v) is 5.07. The molecule has 2 nitrogen and oxygen atoms in total. The van der Waals surface area contributed by atoms with Crippen LogP contribution in [0.1, 0.15) is 20.8 Å². The third-order valence-electron chi connectivity index (χ3n) is 2.01. The Morgan fingerprint density at radius 1 is 0.643 bits per heavy atom. The first-order chi connectivity index (χ1) is 6.35. The second kappa shape index (κ2) is 12.1. The lowest BCUT2D eigenvalue weighted by Gasteiger charge is -2.13. The van der Waals surface area contributed by atoms with Crippen molar-refractivity contribution < 1.29 is 5.48 Å². The van der Waals surface area contributed by atoms with E-state index in [1.165, 1.54) is 19.6 Å². The molecule has 0 radical (unpaired) electrons. The number of hydrogen-bond donors (Lipinski definition) is 0. The number of nitrogens with zero attached hydrogens (tertiary/aromatic N) is 1. The van der Waals surface area contributed by atoms with E-state index >= 15 is 0 Å². The maximum atomic E-state index is 2.38. The van der Waals surface area contributed by atoms with Gasteiger partial charge >= 0.3 is 0 Å². The van der Waals surface area contributed by atoms with Crippen LogP contribution in [0.2, 0.25) is 0 Å². The molecule has 0 bridgehead atoms. The lowest BCUT2D eigenvalue weighted by atomic mass is 10.4. The fraction of sp³-hybridized carbons (Fsp3) is 0.500. The van der Waals surface area contributed by atoms with Crippen molar-refractivity contribution in [2.45, 2.75) is 20.8 Å². The van der Waals surface area contributed by atoms with E-state index in [4.69, 9.17) is 0 Å². The van der Waals surface area contributed by atoms with E-state index < -0.39 is 0 Å². The van der Waals surface area contributed by atoms with Gasteiger partial charge in [-0.2, -0.15) is 0 Å². The summed E-state index contributed by atoms with van der Waals surface area (Å²) in [6, 6.07) is 12.0. The highest BCUT2D eigenvalue weighted by atomic mass is 16.0. The highest BCUT2D eigenvalue weighted by Crippen LogP contribution is 1.81. The largest absolute Gasteiger partial charge is 0.412 e. The van der Waals surface area contributed by atoms with Crippen LogP contribution in [-0.4, -0.2) is 30.0 Å². The van der Waals surface area contributed by atoms with Crippen molar-refractivity contribution >= 4 is 0 Å². The van der Waals surface area contributed by atoms with Crippen molar-refractivity contribution in [1.82, 2.24) is 4.90 Å². The van der Waals surface area contributed by atoms with Crippen molar-refractivity contribution in [3.05, 3.63) is 36.4 Å². The molecule has 2 heteroatoms. The van der Waals surface area contributed by atoms with Gasteiger partial charge in [0.05, 0.1) is 0 Å². The molecule has 0 saturated heterocycles.